The molecule has 0 fully saturated rings. The van der Waals surface area contributed by atoms with E-state index in [0.29, 0.717) is 11.4 Å². The number of benzene rings is 1. The lowest BCUT2D eigenvalue weighted by molar-refractivity contribution is -0.153. The van der Waals surface area contributed by atoms with E-state index in [1.165, 1.54) is 10.9 Å². The predicted molar refractivity (Wildman–Crippen MR) is 90.1 cm³/mol. The fourth-order valence-electron chi connectivity index (χ4n) is 2.05. The summed E-state index contributed by atoms with van der Waals surface area (Å²) in [6.45, 7) is -1.66. The third kappa shape index (κ3) is 7.43. The molecule has 0 saturated carbocycles. The Morgan fingerprint density at radius 3 is 1.93 bits per heavy atom. The molecule has 2 amide bonds. The Labute approximate surface area is 160 Å². The second-order valence-electron chi connectivity index (χ2n) is 5.85. The number of anilines is 2. The summed E-state index contributed by atoms with van der Waals surface area (Å²) in [5, 5.41) is 8.67. The number of urea groups is 1. The Morgan fingerprint density at radius 2 is 1.52 bits per heavy atom. The van der Waals surface area contributed by atoms with E-state index in [2.05, 4.69) is 25.2 Å². The molecule has 1 heterocycles. The van der Waals surface area contributed by atoms with Gasteiger partial charge in [0.15, 0.2) is 13.2 Å². The molecule has 7 nitrogen and oxygen atoms in total. The quantitative estimate of drug-likeness (QED) is 0.677. The molecule has 29 heavy (non-hydrogen) atoms. The Kier molecular flexibility index (Phi) is 6.49. The third-order valence-electron chi connectivity index (χ3n) is 3.43. The first-order chi connectivity index (χ1) is 13.3. The van der Waals surface area contributed by atoms with Gasteiger partial charge in [-0.1, -0.05) is 0 Å². The van der Waals surface area contributed by atoms with Gasteiger partial charge in [-0.2, -0.15) is 31.4 Å². The maximum Gasteiger partial charge on any atom is 0.422 e. The third-order valence-corrected chi connectivity index (χ3v) is 3.43. The molecule has 2 aromatic rings. The van der Waals surface area contributed by atoms with Gasteiger partial charge in [-0.15, -0.1) is 0 Å². The molecule has 0 unspecified atom stereocenters. The SMILES string of the molecule is Cc1c(NC(=O)Nc2cc(OCC(F)(F)F)cc(OCC(F)(F)F)c2)cnn1C. The molecule has 0 radical (unpaired) electrons. The summed E-state index contributed by atoms with van der Waals surface area (Å²) in [4.78, 5) is 12.1. The number of hydrogen-bond donors (Lipinski definition) is 2. The summed E-state index contributed by atoms with van der Waals surface area (Å²) < 4.78 is 84.6. The van der Waals surface area contributed by atoms with Crippen molar-refractivity contribution in [2.45, 2.75) is 19.3 Å². The highest BCUT2D eigenvalue weighted by Gasteiger charge is 2.30. The number of alkyl halides is 6. The van der Waals surface area contributed by atoms with Crippen LogP contribution in [0.5, 0.6) is 11.5 Å². The molecule has 160 valence electrons. The highest BCUT2D eigenvalue weighted by Crippen LogP contribution is 2.29. The normalized spacial score (nSPS) is 11.9. The minimum absolute atomic E-state index is 0.138. The molecular formula is C16H16F6N4O3. The zero-order valence-electron chi connectivity index (χ0n) is 15.1. The van der Waals surface area contributed by atoms with Crippen molar-refractivity contribution < 1.29 is 40.6 Å². The molecule has 0 atom stereocenters. The number of aryl methyl sites for hydroxylation is 1. The van der Waals surface area contributed by atoms with Crippen LogP contribution >= 0.6 is 0 Å². The van der Waals surface area contributed by atoms with Gasteiger partial charge in [-0.05, 0) is 6.92 Å². The van der Waals surface area contributed by atoms with Crippen molar-refractivity contribution in [3.8, 4) is 11.5 Å². The van der Waals surface area contributed by atoms with E-state index < -0.39 is 43.1 Å². The van der Waals surface area contributed by atoms with Crippen LogP contribution in [-0.2, 0) is 7.05 Å². The van der Waals surface area contributed by atoms with Crippen LogP contribution in [0.25, 0.3) is 0 Å². The van der Waals surface area contributed by atoms with E-state index >= 15 is 0 Å². The number of hydrogen-bond acceptors (Lipinski definition) is 4. The lowest BCUT2D eigenvalue weighted by Gasteiger charge is -2.15. The van der Waals surface area contributed by atoms with E-state index in [-0.39, 0.29) is 5.69 Å². The zero-order valence-corrected chi connectivity index (χ0v) is 15.1. The van der Waals surface area contributed by atoms with Crippen molar-refractivity contribution in [2.75, 3.05) is 23.8 Å². The minimum atomic E-state index is -4.66. The van der Waals surface area contributed by atoms with Gasteiger partial charge in [-0.25, -0.2) is 4.79 Å². The lowest BCUT2D eigenvalue weighted by Crippen LogP contribution is -2.22. The predicted octanol–water partition coefficient (Wildman–Crippen LogP) is 4.25. The number of nitrogens with zero attached hydrogens (tertiary/aromatic N) is 2. The second kappa shape index (κ2) is 8.49. The summed E-state index contributed by atoms with van der Waals surface area (Å²) in [6.07, 6.45) is -7.95. The van der Waals surface area contributed by atoms with Crippen LogP contribution in [0.3, 0.4) is 0 Å². The molecular weight excluding hydrogens is 410 g/mol. The highest BCUT2D eigenvalue weighted by atomic mass is 19.4. The van der Waals surface area contributed by atoms with E-state index in [4.69, 9.17) is 0 Å². The molecule has 0 aliphatic heterocycles. The standard InChI is InChI=1S/C16H16F6N4O3/c1-9-13(6-23-26(9)2)25-14(27)24-10-3-11(28-7-15(17,18)19)5-12(4-10)29-8-16(20,21)22/h3-6H,7-8H2,1-2H3,(H2,24,25,27). The Balaban J connectivity index is 2.16. The first kappa shape index (κ1) is 22.2. The van der Waals surface area contributed by atoms with Crippen LogP contribution in [0, 0.1) is 6.92 Å². The van der Waals surface area contributed by atoms with E-state index in [1.807, 2.05) is 0 Å². The van der Waals surface area contributed by atoms with Crippen molar-refractivity contribution in [3.05, 3.63) is 30.1 Å². The van der Waals surface area contributed by atoms with Crippen LogP contribution in [0.15, 0.2) is 24.4 Å². The molecule has 1 aromatic heterocycles. The Morgan fingerprint density at radius 1 is 1.00 bits per heavy atom. The largest absolute Gasteiger partial charge is 0.484 e. The molecule has 2 rings (SSSR count). The fraction of sp³-hybridized carbons (Fsp3) is 0.375. The number of rotatable bonds is 6. The van der Waals surface area contributed by atoms with Gasteiger partial charge in [0.2, 0.25) is 0 Å². The van der Waals surface area contributed by atoms with Crippen molar-refractivity contribution in [1.29, 1.82) is 0 Å². The number of carbonyl (C=O) groups excluding carboxylic acids is 1. The Hall–Kier alpha value is -3.12. The average Bonchev–Trinajstić information content (AvgIpc) is 2.89. The molecule has 2 N–H and O–H groups in total. The smallest absolute Gasteiger partial charge is 0.422 e. The van der Waals surface area contributed by atoms with Gasteiger partial charge in [0.25, 0.3) is 0 Å². The summed E-state index contributed by atoms with van der Waals surface area (Å²) in [6, 6.07) is 2.09. The summed E-state index contributed by atoms with van der Waals surface area (Å²) in [5.41, 5.74) is 0.848. The molecule has 1 aromatic carbocycles. The number of aromatic nitrogens is 2. The lowest BCUT2D eigenvalue weighted by atomic mass is 10.2. The van der Waals surface area contributed by atoms with Crippen molar-refractivity contribution in [1.82, 2.24) is 9.78 Å². The first-order valence-electron chi connectivity index (χ1n) is 7.93. The van der Waals surface area contributed by atoms with Gasteiger partial charge >= 0.3 is 18.4 Å². The second-order valence-corrected chi connectivity index (χ2v) is 5.85. The highest BCUT2D eigenvalue weighted by molar-refractivity contribution is 6.00. The molecule has 13 heteroatoms. The summed E-state index contributed by atoms with van der Waals surface area (Å²) in [7, 11) is 1.64. The number of ether oxygens (including phenoxy) is 2. The van der Waals surface area contributed by atoms with Crippen molar-refractivity contribution >= 4 is 17.4 Å². The van der Waals surface area contributed by atoms with Crippen LogP contribution in [0.4, 0.5) is 42.5 Å². The van der Waals surface area contributed by atoms with Crippen LogP contribution in [0.2, 0.25) is 0 Å². The zero-order chi connectivity index (χ0) is 21.8. The van der Waals surface area contributed by atoms with Gasteiger partial charge in [0.05, 0.1) is 17.6 Å². The molecule has 0 aliphatic rings. The number of carbonyl (C=O) groups is 1. The van der Waals surface area contributed by atoms with Crippen LogP contribution in [0.1, 0.15) is 5.69 Å². The number of amides is 2. The maximum atomic E-state index is 12.3. The molecule has 0 bridgehead atoms. The van der Waals surface area contributed by atoms with E-state index in [0.717, 1.165) is 18.2 Å². The van der Waals surface area contributed by atoms with E-state index in [9.17, 15) is 31.1 Å². The fourth-order valence-corrected chi connectivity index (χ4v) is 2.05. The van der Waals surface area contributed by atoms with Crippen LogP contribution < -0.4 is 20.1 Å². The average molecular weight is 426 g/mol. The number of halogens is 6. The maximum absolute atomic E-state index is 12.3. The summed E-state index contributed by atoms with van der Waals surface area (Å²) in [5.74, 6) is -0.871. The van der Waals surface area contributed by atoms with Gasteiger partial charge < -0.3 is 20.1 Å². The van der Waals surface area contributed by atoms with Crippen LogP contribution in [-0.4, -0.2) is 41.4 Å². The minimum Gasteiger partial charge on any atom is -0.484 e. The molecule has 0 aliphatic carbocycles. The van der Waals surface area contributed by atoms with Gasteiger partial charge in [0.1, 0.15) is 11.5 Å². The molecule has 0 spiro atoms. The number of nitrogens with one attached hydrogen (secondary N) is 2. The van der Waals surface area contributed by atoms with Crippen molar-refractivity contribution in [3.63, 3.8) is 0 Å². The first-order valence-corrected chi connectivity index (χ1v) is 7.93. The van der Waals surface area contributed by atoms with Gasteiger partial charge in [-0.3, -0.25) is 4.68 Å². The Bertz CT molecular complexity index is 827. The topological polar surface area (TPSA) is 77.4 Å². The van der Waals surface area contributed by atoms with Gasteiger partial charge in [0, 0.05) is 30.9 Å². The molecule has 0 saturated heterocycles. The van der Waals surface area contributed by atoms with E-state index in [1.54, 1.807) is 14.0 Å². The summed E-state index contributed by atoms with van der Waals surface area (Å²) >= 11 is 0. The monoisotopic (exact) mass is 426 g/mol. The van der Waals surface area contributed by atoms with Crippen molar-refractivity contribution in [2.24, 2.45) is 7.05 Å².